The van der Waals surface area contributed by atoms with Crippen molar-refractivity contribution in [2.24, 2.45) is 5.73 Å². The van der Waals surface area contributed by atoms with E-state index in [1.54, 1.807) is 11.9 Å². The average Bonchev–Trinajstić information content (AvgIpc) is 1.87. The number of hydrogen-bond acceptors (Lipinski definition) is 4. The number of hydrogen-bond donors (Lipinski definition) is 3. The lowest BCUT2D eigenvalue weighted by molar-refractivity contribution is 0.786. The van der Waals surface area contributed by atoms with E-state index in [0.29, 0.717) is 5.37 Å². The van der Waals surface area contributed by atoms with Gasteiger partial charge in [0.1, 0.15) is 0 Å². The molecule has 1 fully saturated rings. The van der Waals surface area contributed by atoms with E-state index in [0.717, 1.165) is 6.42 Å². The maximum atomic E-state index is 5.48. The quantitative estimate of drug-likeness (QED) is 0.328. The SMILES string of the molecule is NC1CC(S)NS1. The Morgan fingerprint density at radius 3 is 2.71 bits per heavy atom. The van der Waals surface area contributed by atoms with Crippen molar-refractivity contribution in [3.8, 4) is 0 Å². The third-order valence-corrected chi connectivity index (χ3v) is 2.24. The molecule has 0 spiro atoms. The summed E-state index contributed by atoms with van der Waals surface area (Å²) in [7, 11) is 0. The van der Waals surface area contributed by atoms with Crippen LogP contribution in [0.4, 0.5) is 0 Å². The Hall–Kier alpha value is 0.620. The van der Waals surface area contributed by atoms with Crippen LogP contribution in [0.25, 0.3) is 0 Å². The van der Waals surface area contributed by atoms with Gasteiger partial charge in [0.15, 0.2) is 0 Å². The fraction of sp³-hybridized carbons (Fsp3) is 1.00. The van der Waals surface area contributed by atoms with Crippen LogP contribution in [0.3, 0.4) is 0 Å². The van der Waals surface area contributed by atoms with E-state index in [9.17, 15) is 0 Å². The molecule has 1 saturated heterocycles. The topological polar surface area (TPSA) is 38.0 Å². The van der Waals surface area contributed by atoms with Gasteiger partial charge in [0.05, 0.1) is 10.7 Å². The molecule has 0 aromatic heterocycles. The van der Waals surface area contributed by atoms with Crippen LogP contribution in [0.5, 0.6) is 0 Å². The summed E-state index contributed by atoms with van der Waals surface area (Å²) in [6.45, 7) is 0. The number of nitrogens with one attached hydrogen (secondary N) is 1. The lowest BCUT2D eigenvalue weighted by atomic mass is 10.4. The van der Waals surface area contributed by atoms with Crippen molar-refractivity contribution in [3.63, 3.8) is 0 Å². The molecule has 0 bridgehead atoms. The zero-order chi connectivity index (χ0) is 5.28. The van der Waals surface area contributed by atoms with E-state index in [2.05, 4.69) is 17.4 Å². The van der Waals surface area contributed by atoms with Crippen molar-refractivity contribution in [1.82, 2.24) is 4.72 Å². The molecule has 0 saturated carbocycles. The van der Waals surface area contributed by atoms with Gasteiger partial charge in [-0.05, 0) is 6.42 Å². The highest BCUT2D eigenvalue weighted by Crippen LogP contribution is 2.19. The monoisotopic (exact) mass is 136 g/mol. The summed E-state index contributed by atoms with van der Waals surface area (Å²) in [6.07, 6.45) is 0.966. The van der Waals surface area contributed by atoms with E-state index < -0.39 is 0 Å². The molecule has 2 atom stereocenters. The standard InChI is InChI=1S/C3H8N2S2/c4-2-1-3(6)5-7-2/h2-3,5-6H,1,4H2. The third kappa shape index (κ3) is 1.53. The first kappa shape index (κ1) is 5.75. The number of rotatable bonds is 0. The van der Waals surface area contributed by atoms with Gasteiger partial charge >= 0.3 is 0 Å². The van der Waals surface area contributed by atoms with Crippen molar-refractivity contribution in [2.75, 3.05) is 0 Å². The molecule has 1 aliphatic rings. The van der Waals surface area contributed by atoms with E-state index >= 15 is 0 Å². The fourth-order valence-electron chi connectivity index (χ4n) is 0.482. The molecular weight excluding hydrogens is 128 g/mol. The molecule has 2 unspecified atom stereocenters. The molecule has 0 aliphatic carbocycles. The van der Waals surface area contributed by atoms with Crippen molar-refractivity contribution in [3.05, 3.63) is 0 Å². The summed E-state index contributed by atoms with van der Waals surface area (Å²) in [5, 5.41) is 0.558. The van der Waals surface area contributed by atoms with Crippen LogP contribution in [-0.2, 0) is 0 Å². The van der Waals surface area contributed by atoms with Crippen LogP contribution in [0.1, 0.15) is 6.42 Å². The first-order valence-corrected chi connectivity index (χ1v) is 3.53. The Labute approximate surface area is 52.8 Å². The van der Waals surface area contributed by atoms with Crippen molar-refractivity contribution in [2.45, 2.75) is 17.2 Å². The van der Waals surface area contributed by atoms with Crippen molar-refractivity contribution < 1.29 is 0 Å². The molecular formula is C3H8N2S2. The van der Waals surface area contributed by atoms with Gasteiger partial charge in [-0.2, -0.15) is 12.6 Å². The van der Waals surface area contributed by atoms with Gasteiger partial charge < -0.3 is 5.73 Å². The van der Waals surface area contributed by atoms with Crippen LogP contribution in [0.15, 0.2) is 0 Å². The summed E-state index contributed by atoms with van der Waals surface area (Å²) in [5.74, 6) is 0. The second-order valence-electron chi connectivity index (χ2n) is 1.53. The predicted octanol–water partition coefficient (Wildman–Crippen LogP) is 0.169. The Morgan fingerprint density at radius 2 is 2.57 bits per heavy atom. The maximum absolute atomic E-state index is 5.48. The minimum atomic E-state index is 0.252. The summed E-state index contributed by atoms with van der Waals surface area (Å²) in [5.41, 5.74) is 5.48. The van der Waals surface area contributed by atoms with Crippen molar-refractivity contribution in [1.29, 1.82) is 0 Å². The third-order valence-electron chi connectivity index (χ3n) is 0.811. The van der Waals surface area contributed by atoms with Crippen LogP contribution in [0, 0.1) is 0 Å². The normalized spacial score (nSPS) is 42.0. The smallest absolute Gasteiger partial charge is 0.0677 e. The molecule has 1 heterocycles. The predicted molar refractivity (Wildman–Crippen MR) is 36.1 cm³/mol. The zero-order valence-corrected chi connectivity index (χ0v) is 5.51. The summed E-state index contributed by atoms with van der Waals surface area (Å²) in [6, 6.07) is 0. The van der Waals surface area contributed by atoms with Crippen LogP contribution < -0.4 is 10.5 Å². The molecule has 7 heavy (non-hydrogen) atoms. The highest BCUT2D eigenvalue weighted by atomic mass is 32.2. The van der Waals surface area contributed by atoms with E-state index in [1.165, 1.54) is 0 Å². The Kier molecular flexibility index (Phi) is 1.86. The Morgan fingerprint density at radius 1 is 1.86 bits per heavy atom. The lowest BCUT2D eigenvalue weighted by Crippen LogP contribution is -2.11. The van der Waals surface area contributed by atoms with Gasteiger partial charge in [0.2, 0.25) is 0 Å². The first-order chi connectivity index (χ1) is 3.29. The molecule has 0 amide bonds. The molecule has 3 N–H and O–H groups in total. The highest BCUT2D eigenvalue weighted by molar-refractivity contribution is 7.99. The fourth-order valence-corrected chi connectivity index (χ4v) is 1.75. The Balaban J connectivity index is 2.26. The molecule has 2 nitrogen and oxygen atoms in total. The van der Waals surface area contributed by atoms with Crippen LogP contribution in [-0.4, -0.2) is 10.7 Å². The van der Waals surface area contributed by atoms with E-state index in [-0.39, 0.29) is 5.37 Å². The second-order valence-corrected chi connectivity index (χ2v) is 3.23. The largest absolute Gasteiger partial charge is 0.318 e. The number of thiol groups is 1. The summed E-state index contributed by atoms with van der Waals surface area (Å²) < 4.78 is 3.03. The van der Waals surface area contributed by atoms with Gasteiger partial charge in [0.25, 0.3) is 0 Å². The van der Waals surface area contributed by atoms with Gasteiger partial charge in [0, 0.05) is 0 Å². The molecule has 42 valence electrons. The minimum absolute atomic E-state index is 0.252. The van der Waals surface area contributed by atoms with Gasteiger partial charge in [-0.3, -0.25) is 4.72 Å². The molecule has 0 aromatic rings. The molecule has 1 rings (SSSR count). The van der Waals surface area contributed by atoms with Gasteiger partial charge in [-0.15, -0.1) is 0 Å². The van der Waals surface area contributed by atoms with Gasteiger partial charge in [-0.1, -0.05) is 11.9 Å². The van der Waals surface area contributed by atoms with Gasteiger partial charge in [-0.25, -0.2) is 0 Å². The van der Waals surface area contributed by atoms with E-state index in [1.807, 2.05) is 0 Å². The first-order valence-electron chi connectivity index (χ1n) is 2.14. The second kappa shape index (κ2) is 2.26. The number of nitrogens with two attached hydrogens (primary N) is 1. The Bertz CT molecular complexity index is 60.0. The van der Waals surface area contributed by atoms with Crippen LogP contribution >= 0.6 is 24.6 Å². The molecule has 0 aromatic carbocycles. The minimum Gasteiger partial charge on any atom is -0.318 e. The van der Waals surface area contributed by atoms with Crippen LogP contribution in [0.2, 0.25) is 0 Å². The molecule has 4 heteroatoms. The highest BCUT2D eigenvalue weighted by Gasteiger charge is 2.17. The summed E-state index contributed by atoms with van der Waals surface area (Å²) in [4.78, 5) is 0. The van der Waals surface area contributed by atoms with Crippen molar-refractivity contribution >= 4 is 24.6 Å². The maximum Gasteiger partial charge on any atom is 0.0677 e. The molecule has 0 radical (unpaired) electrons. The van der Waals surface area contributed by atoms with E-state index in [4.69, 9.17) is 5.73 Å². The summed E-state index contributed by atoms with van der Waals surface area (Å²) >= 11 is 5.70. The molecule has 1 aliphatic heterocycles. The average molecular weight is 136 g/mol. The lowest BCUT2D eigenvalue weighted by Gasteiger charge is -1.93. The zero-order valence-electron chi connectivity index (χ0n) is 3.79.